The second-order valence-corrected chi connectivity index (χ2v) is 6.79. The van der Waals surface area contributed by atoms with Crippen molar-refractivity contribution in [3.8, 4) is 0 Å². The lowest BCUT2D eigenvalue weighted by atomic mass is 10.1. The van der Waals surface area contributed by atoms with Gasteiger partial charge in [0, 0.05) is 0 Å². The van der Waals surface area contributed by atoms with E-state index in [9.17, 15) is 0 Å². The molecule has 0 aromatic rings. The molecular formula is C17H38N2O4. The summed E-state index contributed by atoms with van der Waals surface area (Å²) in [5, 5.41) is 16.3. The van der Waals surface area contributed by atoms with Crippen molar-refractivity contribution in [2.75, 3.05) is 27.7 Å². The molecule has 0 aromatic carbocycles. The van der Waals surface area contributed by atoms with Gasteiger partial charge in [0.1, 0.15) is 0 Å². The summed E-state index contributed by atoms with van der Waals surface area (Å²) in [7, 11) is 6.86. The van der Waals surface area contributed by atoms with E-state index in [-0.39, 0.29) is 6.15 Å². The third-order valence-electron chi connectivity index (χ3n) is 3.36. The highest BCUT2D eigenvalue weighted by molar-refractivity contribution is 6.26. The van der Waals surface area contributed by atoms with Crippen LogP contribution in [0.4, 0.5) is 0 Å². The molecule has 0 rings (SSSR count). The van der Waals surface area contributed by atoms with Crippen molar-refractivity contribution in [1.82, 2.24) is 6.15 Å². The average molecular weight is 335 g/mol. The molecule has 0 fully saturated rings. The van der Waals surface area contributed by atoms with Gasteiger partial charge in [-0.1, -0.05) is 58.3 Å². The minimum Gasteiger partial charge on any atom is -0.539 e. The number of aliphatic carboxylic acids is 2. The van der Waals surface area contributed by atoms with E-state index in [1.54, 1.807) is 0 Å². The maximum atomic E-state index is 9.04. The van der Waals surface area contributed by atoms with E-state index in [1.807, 2.05) is 0 Å². The van der Waals surface area contributed by atoms with Gasteiger partial charge in [0.05, 0.1) is 27.7 Å². The Kier molecular flexibility index (Phi) is 20.0. The number of carbonyl (C=O) groups excluding carboxylic acids is 1. The second-order valence-electron chi connectivity index (χ2n) is 6.79. The second kappa shape index (κ2) is 17.2. The molecule has 0 aromatic heterocycles. The van der Waals surface area contributed by atoms with Gasteiger partial charge in [0.2, 0.25) is 0 Å². The molecule has 6 nitrogen and oxygen atoms in total. The third kappa shape index (κ3) is 29.5. The van der Waals surface area contributed by atoms with Crippen LogP contribution in [0.1, 0.15) is 71.1 Å². The molecule has 0 aliphatic heterocycles. The van der Waals surface area contributed by atoms with Gasteiger partial charge in [-0.15, -0.1) is 0 Å². The highest BCUT2D eigenvalue weighted by Gasteiger charge is 2.04. The molecule has 0 atom stereocenters. The number of carbonyl (C=O) groups is 2. The SMILES string of the molecule is CCCCCCCCCCCC[N+](C)(C)C.N.O=C([O-])C(=O)O. The van der Waals surface area contributed by atoms with Crippen molar-refractivity contribution in [2.45, 2.75) is 71.1 Å². The Bertz CT molecular complexity index is 277. The number of nitrogens with zero attached hydrogens (tertiary/aromatic N) is 1. The van der Waals surface area contributed by atoms with Crippen molar-refractivity contribution in [2.24, 2.45) is 0 Å². The van der Waals surface area contributed by atoms with E-state index >= 15 is 0 Å². The van der Waals surface area contributed by atoms with Crippen LogP contribution in [0, 0.1) is 0 Å². The van der Waals surface area contributed by atoms with Crippen LogP contribution in [0.2, 0.25) is 0 Å². The number of hydrogen-bond donors (Lipinski definition) is 2. The van der Waals surface area contributed by atoms with Crippen LogP contribution in [0.3, 0.4) is 0 Å². The molecule has 4 N–H and O–H groups in total. The van der Waals surface area contributed by atoms with Crippen LogP contribution in [0.5, 0.6) is 0 Å². The van der Waals surface area contributed by atoms with Crippen LogP contribution in [-0.4, -0.2) is 49.2 Å². The number of rotatable bonds is 11. The van der Waals surface area contributed by atoms with Gasteiger partial charge < -0.3 is 25.6 Å². The highest BCUT2D eigenvalue weighted by Crippen LogP contribution is 2.10. The van der Waals surface area contributed by atoms with E-state index in [0.29, 0.717) is 0 Å². The third-order valence-corrected chi connectivity index (χ3v) is 3.36. The number of quaternary nitrogens is 1. The number of carboxylic acids is 2. The van der Waals surface area contributed by atoms with Crippen molar-refractivity contribution >= 4 is 11.9 Å². The molecule has 140 valence electrons. The Morgan fingerprint density at radius 1 is 0.826 bits per heavy atom. The molecule has 0 saturated heterocycles. The van der Waals surface area contributed by atoms with Gasteiger partial charge >= 0.3 is 5.97 Å². The van der Waals surface area contributed by atoms with E-state index in [4.69, 9.17) is 19.8 Å². The molecular weight excluding hydrogens is 296 g/mol. The fourth-order valence-corrected chi connectivity index (χ4v) is 2.07. The van der Waals surface area contributed by atoms with Crippen LogP contribution < -0.4 is 11.3 Å². The zero-order chi connectivity index (χ0) is 17.4. The lowest BCUT2D eigenvalue weighted by molar-refractivity contribution is -0.870. The molecule has 0 amide bonds. The van der Waals surface area contributed by atoms with Gasteiger partial charge in [-0.3, -0.25) is 0 Å². The van der Waals surface area contributed by atoms with Crippen LogP contribution in [0.25, 0.3) is 0 Å². The van der Waals surface area contributed by atoms with Gasteiger partial charge in [-0.2, -0.15) is 0 Å². The van der Waals surface area contributed by atoms with Crippen molar-refractivity contribution in [1.29, 1.82) is 0 Å². The summed E-state index contributed by atoms with van der Waals surface area (Å²) in [6, 6.07) is 0. The van der Waals surface area contributed by atoms with Gasteiger partial charge in [-0.25, -0.2) is 4.79 Å². The fourth-order valence-electron chi connectivity index (χ4n) is 2.07. The maximum absolute atomic E-state index is 9.04. The lowest BCUT2D eigenvalue weighted by Gasteiger charge is -2.23. The molecule has 0 unspecified atom stereocenters. The summed E-state index contributed by atoms with van der Waals surface area (Å²) in [6.07, 6.45) is 14.4. The molecule has 0 radical (unpaired) electrons. The number of carboxylic acid groups (broad SMARTS) is 2. The molecule has 0 saturated carbocycles. The zero-order valence-electron chi connectivity index (χ0n) is 15.6. The monoisotopic (exact) mass is 334 g/mol. The maximum Gasteiger partial charge on any atom is 0.351 e. The van der Waals surface area contributed by atoms with Gasteiger partial charge in [0.15, 0.2) is 5.97 Å². The first-order chi connectivity index (χ1) is 10.2. The minimum absolute atomic E-state index is 0. The summed E-state index contributed by atoms with van der Waals surface area (Å²) in [5.41, 5.74) is 0. The standard InChI is InChI=1S/C15H34N.C2H2O4.H3N/c1-5-6-7-8-9-10-11-12-13-14-15-16(2,3)4;3-1(4)2(5)6;/h5-15H2,1-4H3;(H,3,4)(H,5,6);1H3/q+1;;/p-1. The van der Waals surface area contributed by atoms with E-state index in [2.05, 4.69) is 28.1 Å². The van der Waals surface area contributed by atoms with E-state index in [1.165, 1.54) is 70.8 Å². The molecule has 0 spiro atoms. The molecule has 0 aliphatic rings. The molecule has 6 heteroatoms. The fraction of sp³-hybridized carbons (Fsp3) is 0.882. The summed E-state index contributed by atoms with van der Waals surface area (Å²) >= 11 is 0. The highest BCUT2D eigenvalue weighted by atomic mass is 16.4. The van der Waals surface area contributed by atoms with E-state index in [0.717, 1.165) is 4.48 Å². The predicted molar refractivity (Wildman–Crippen MR) is 92.4 cm³/mol. The number of hydrogen-bond acceptors (Lipinski definition) is 4. The van der Waals surface area contributed by atoms with Crippen molar-refractivity contribution in [3.63, 3.8) is 0 Å². The normalized spacial score (nSPS) is 10.3. The van der Waals surface area contributed by atoms with Gasteiger partial charge in [-0.05, 0) is 12.8 Å². The topological polar surface area (TPSA) is 112 Å². The molecule has 23 heavy (non-hydrogen) atoms. The smallest absolute Gasteiger partial charge is 0.351 e. The van der Waals surface area contributed by atoms with Crippen molar-refractivity contribution in [3.05, 3.63) is 0 Å². The van der Waals surface area contributed by atoms with E-state index < -0.39 is 11.9 Å². The van der Waals surface area contributed by atoms with Crippen LogP contribution >= 0.6 is 0 Å². The first-order valence-electron chi connectivity index (χ1n) is 8.45. The van der Waals surface area contributed by atoms with Gasteiger partial charge in [0.25, 0.3) is 0 Å². The van der Waals surface area contributed by atoms with Crippen molar-refractivity contribution < 1.29 is 24.3 Å². The zero-order valence-corrected chi connectivity index (χ0v) is 15.6. The Morgan fingerprint density at radius 2 is 1.13 bits per heavy atom. The Hall–Kier alpha value is -1.14. The Labute approximate surface area is 142 Å². The molecule has 0 aliphatic carbocycles. The average Bonchev–Trinajstić information content (AvgIpc) is 2.40. The first-order valence-corrected chi connectivity index (χ1v) is 8.45. The van der Waals surface area contributed by atoms with Crippen LogP contribution in [-0.2, 0) is 9.59 Å². The quantitative estimate of drug-likeness (QED) is 0.342. The predicted octanol–water partition coefficient (Wildman–Crippen LogP) is 2.60. The largest absolute Gasteiger partial charge is 0.539 e. The summed E-state index contributed by atoms with van der Waals surface area (Å²) in [6.45, 7) is 3.62. The Balaban J connectivity index is -0.000000487. The van der Waals surface area contributed by atoms with Crippen LogP contribution in [0.15, 0.2) is 0 Å². The molecule has 0 heterocycles. The first kappa shape index (κ1) is 26.7. The summed E-state index contributed by atoms with van der Waals surface area (Å²) in [4.78, 5) is 18.0. The summed E-state index contributed by atoms with van der Waals surface area (Å²) in [5.74, 6) is -4.01. The number of unbranched alkanes of at least 4 members (excludes halogenated alkanes) is 9. The minimum atomic E-state index is -2.07. The molecule has 0 bridgehead atoms. The Morgan fingerprint density at radius 3 is 1.39 bits per heavy atom. The summed E-state index contributed by atoms with van der Waals surface area (Å²) < 4.78 is 1.12. The lowest BCUT2D eigenvalue weighted by Crippen LogP contribution is -2.35.